The zero-order valence-electron chi connectivity index (χ0n) is 11.6. The second kappa shape index (κ2) is 7.09. The summed E-state index contributed by atoms with van der Waals surface area (Å²) >= 11 is 0. The second-order valence-electron chi connectivity index (χ2n) is 4.51. The molecule has 1 amide bonds. The van der Waals surface area contributed by atoms with Crippen LogP contribution >= 0.6 is 0 Å². The third kappa shape index (κ3) is 4.52. The Morgan fingerprint density at radius 1 is 1.53 bits per heavy atom. The molecule has 0 aliphatic heterocycles. The van der Waals surface area contributed by atoms with E-state index in [2.05, 4.69) is 5.32 Å². The fourth-order valence-electron chi connectivity index (χ4n) is 1.66. The number of ether oxygens (including phenoxy) is 1. The number of nitrogens with one attached hydrogen (secondary N) is 1. The molecule has 0 bridgehead atoms. The lowest BCUT2D eigenvalue weighted by Gasteiger charge is -2.15. The van der Waals surface area contributed by atoms with Crippen molar-refractivity contribution in [2.24, 2.45) is 5.73 Å². The largest absolute Gasteiger partial charge is 0.478 e. The van der Waals surface area contributed by atoms with Gasteiger partial charge in [0.25, 0.3) is 5.91 Å². The first-order chi connectivity index (χ1) is 8.97. The van der Waals surface area contributed by atoms with Crippen molar-refractivity contribution in [3.63, 3.8) is 0 Å². The number of hydrogen-bond acceptors (Lipinski definition) is 3. The van der Waals surface area contributed by atoms with E-state index in [1.807, 2.05) is 6.92 Å². The average Bonchev–Trinajstić information content (AvgIpc) is 2.40. The van der Waals surface area contributed by atoms with Crippen LogP contribution in [0.4, 0.5) is 4.39 Å². The number of nitrogens with two attached hydrogens (primary N) is 1. The molecule has 0 aliphatic carbocycles. The number of likely N-dealkylation sites (N-methyl/N-ethyl adjacent to an activating group) is 1. The molecule has 0 spiro atoms. The van der Waals surface area contributed by atoms with Gasteiger partial charge in [0.2, 0.25) is 0 Å². The van der Waals surface area contributed by atoms with Gasteiger partial charge in [-0.1, -0.05) is 13.0 Å². The molecule has 3 N–H and O–H groups in total. The lowest BCUT2D eigenvalue weighted by atomic mass is 10.0. The molecule has 106 valence electrons. The maximum atomic E-state index is 13.8. The molecule has 5 heteroatoms. The van der Waals surface area contributed by atoms with Crippen molar-refractivity contribution in [1.82, 2.24) is 5.32 Å². The van der Waals surface area contributed by atoms with Gasteiger partial charge in [0, 0.05) is 13.1 Å². The summed E-state index contributed by atoms with van der Waals surface area (Å²) in [6.45, 7) is 3.56. The van der Waals surface area contributed by atoms with Gasteiger partial charge in [-0.25, -0.2) is 4.39 Å². The molecule has 0 aliphatic rings. The number of amides is 1. The van der Waals surface area contributed by atoms with Crippen molar-refractivity contribution in [3.8, 4) is 5.75 Å². The molecule has 0 radical (unpaired) electrons. The molecule has 1 aromatic carbocycles. The van der Waals surface area contributed by atoms with Crippen LogP contribution in [0.15, 0.2) is 18.2 Å². The van der Waals surface area contributed by atoms with E-state index >= 15 is 0 Å². The third-order valence-electron chi connectivity index (χ3n) is 2.94. The molecule has 19 heavy (non-hydrogen) atoms. The average molecular weight is 268 g/mol. The highest BCUT2D eigenvalue weighted by molar-refractivity contribution is 5.80. The van der Waals surface area contributed by atoms with Crippen molar-refractivity contribution in [2.45, 2.75) is 38.8 Å². The minimum absolute atomic E-state index is 0.0240. The van der Waals surface area contributed by atoms with Crippen LogP contribution in [-0.4, -0.2) is 25.1 Å². The van der Waals surface area contributed by atoms with Gasteiger partial charge in [-0.3, -0.25) is 4.79 Å². The van der Waals surface area contributed by atoms with Gasteiger partial charge in [-0.05, 0) is 37.5 Å². The van der Waals surface area contributed by atoms with Gasteiger partial charge in [0.15, 0.2) is 17.7 Å². The first kappa shape index (κ1) is 15.4. The van der Waals surface area contributed by atoms with Crippen molar-refractivity contribution in [2.75, 3.05) is 7.05 Å². The highest BCUT2D eigenvalue weighted by atomic mass is 19.1. The van der Waals surface area contributed by atoms with Crippen molar-refractivity contribution in [1.29, 1.82) is 0 Å². The van der Waals surface area contributed by atoms with E-state index in [4.69, 9.17) is 10.5 Å². The van der Waals surface area contributed by atoms with Gasteiger partial charge in [0.1, 0.15) is 0 Å². The summed E-state index contributed by atoms with van der Waals surface area (Å²) in [5, 5.41) is 2.45. The Balaban J connectivity index is 2.74. The number of carbonyl (C=O) groups excluding carboxylic acids is 1. The minimum Gasteiger partial charge on any atom is -0.478 e. The molecular weight excluding hydrogens is 247 g/mol. The van der Waals surface area contributed by atoms with Crippen LogP contribution in [0.1, 0.15) is 25.8 Å². The predicted octanol–water partition coefficient (Wildman–Crippen LogP) is 1.62. The van der Waals surface area contributed by atoms with E-state index < -0.39 is 11.9 Å². The van der Waals surface area contributed by atoms with Crippen LogP contribution in [0.2, 0.25) is 0 Å². The Bertz CT molecular complexity index is 437. The molecule has 0 heterocycles. The predicted molar refractivity (Wildman–Crippen MR) is 72.5 cm³/mol. The van der Waals surface area contributed by atoms with Crippen LogP contribution in [-0.2, 0) is 11.2 Å². The van der Waals surface area contributed by atoms with Gasteiger partial charge in [-0.2, -0.15) is 0 Å². The maximum absolute atomic E-state index is 13.8. The number of halogens is 1. The molecule has 1 aromatic rings. The van der Waals surface area contributed by atoms with E-state index in [9.17, 15) is 9.18 Å². The molecule has 0 saturated heterocycles. The molecular formula is C14H21FN2O2. The van der Waals surface area contributed by atoms with Gasteiger partial charge >= 0.3 is 0 Å². The second-order valence-corrected chi connectivity index (χ2v) is 4.51. The molecule has 0 aromatic heterocycles. The van der Waals surface area contributed by atoms with Crippen LogP contribution in [0.3, 0.4) is 0 Å². The van der Waals surface area contributed by atoms with Crippen molar-refractivity contribution >= 4 is 5.91 Å². The van der Waals surface area contributed by atoms with Crippen LogP contribution in [0.5, 0.6) is 5.75 Å². The Morgan fingerprint density at radius 2 is 2.21 bits per heavy atom. The normalized spacial score (nSPS) is 13.7. The number of rotatable bonds is 6. The first-order valence-corrected chi connectivity index (χ1v) is 6.40. The zero-order valence-corrected chi connectivity index (χ0v) is 11.6. The van der Waals surface area contributed by atoms with E-state index in [-0.39, 0.29) is 17.7 Å². The summed E-state index contributed by atoms with van der Waals surface area (Å²) in [5.41, 5.74) is 6.65. The fraction of sp³-hybridized carbons (Fsp3) is 0.500. The summed E-state index contributed by atoms with van der Waals surface area (Å²) in [6, 6.07) is 4.73. The monoisotopic (exact) mass is 268 g/mol. The highest BCUT2D eigenvalue weighted by Gasteiger charge is 2.15. The van der Waals surface area contributed by atoms with Gasteiger partial charge in [0.05, 0.1) is 0 Å². The fourth-order valence-corrected chi connectivity index (χ4v) is 1.66. The highest BCUT2D eigenvalue weighted by Crippen LogP contribution is 2.20. The number of hydrogen-bond donors (Lipinski definition) is 2. The Kier molecular flexibility index (Phi) is 5.76. The topological polar surface area (TPSA) is 64.3 Å². The maximum Gasteiger partial charge on any atom is 0.260 e. The molecule has 0 fully saturated rings. The summed E-state index contributed by atoms with van der Waals surface area (Å²) in [7, 11) is 1.51. The molecule has 2 unspecified atom stereocenters. The van der Waals surface area contributed by atoms with Gasteiger partial charge in [-0.15, -0.1) is 0 Å². The smallest absolute Gasteiger partial charge is 0.260 e. The molecule has 4 nitrogen and oxygen atoms in total. The Morgan fingerprint density at radius 3 is 2.74 bits per heavy atom. The standard InChI is InChI=1S/C14H21FN2O2/c1-4-11(16)7-10-5-6-13(12(15)8-10)19-9(2)14(18)17-3/h5-6,8-9,11H,4,7,16H2,1-3H3,(H,17,18). The summed E-state index contributed by atoms with van der Waals surface area (Å²) in [4.78, 5) is 11.3. The van der Waals surface area contributed by atoms with Crippen LogP contribution in [0.25, 0.3) is 0 Å². The summed E-state index contributed by atoms with van der Waals surface area (Å²) in [6.07, 6.45) is 0.731. The van der Waals surface area contributed by atoms with E-state index in [0.717, 1.165) is 12.0 Å². The van der Waals surface area contributed by atoms with E-state index in [0.29, 0.717) is 6.42 Å². The van der Waals surface area contributed by atoms with Crippen LogP contribution in [0, 0.1) is 5.82 Å². The van der Waals surface area contributed by atoms with E-state index in [1.54, 1.807) is 13.0 Å². The Hall–Kier alpha value is -1.62. The van der Waals surface area contributed by atoms with Crippen molar-refractivity contribution < 1.29 is 13.9 Å². The Labute approximate surface area is 113 Å². The van der Waals surface area contributed by atoms with E-state index in [1.165, 1.54) is 19.2 Å². The van der Waals surface area contributed by atoms with Crippen molar-refractivity contribution in [3.05, 3.63) is 29.6 Å². The SMILES string of the molecule is CCC(N)Cc1ccc(OC(C)C(=O)NC)c(F)c1. The lowest BCUT2D eigenvalue weighted by Crippen LogP contribution is -2.33. The third-order valence-corrected chi connectivity index (χ3v) is 2.94. The summed E-state index contributed by atoms with van der Waals surface area (Å²) < 4.78 is 19.1. The first-order valence-electron chi connectivity index (χ1n) is 6.40. The molecule has 1 rings (SSSR count). The zero-order chi connectivity index (χ0) is 14.4. The van der Waals surface area contributed by atoms with Crippen LogP contribution < -0.4 is 15.8 Å². The quantitative estimate of drug-likeness (QED) is 0.824. The summed E-state index contributed by atoms with van der Waals surface area (Å²) in [5.74, 6) is -0.696. The molecule has 0 saturated carbocycles. The lowest BCUT2D eigenvalue weighted by molar-refractivity contribution is -0.126. The van der Waals surface area contributed by atoms with Gasteiger partial charge < -0.3 is 15.8 Å². The minimum atomic E-state index is -0.733. The number of benzene rings is 1. The molecule has 2 atom stereocenters. The number of carbonyl (C=O) groups is 1.